The first-order valence-corrected chi connectivity index (χ1v) is 6.95. The first-order chi connectivity index (χ1) is 8.31. The van der Waals surface area contributed by atoms with Crippen molar-refractivity contribution in [2.24, 2.45) is 5.92 Å². The average Bonchev–Trinajstić information content (AvgIpc) is 2.40. The zero-order valence-electron chi connectivity index (χ0n) is 10.7. The predicted octanol–water partition coefficient (Wildman–Crippen LogP) is 1.94. The molecule has 1 unspecified atom stereocenters. The molecule has 2 saturated heterocycles. The van der Waals surface area contributed by atoms with Crippen LogP contribution in [-0.4, -0.2) is 36.5 Å². The standard InChI is InChI=1S/C14H24N2O/c1-2-14(17)16-10-4-3-5-13(16)11-12-6-8-15-9-7-12/h2,12-13,15H,1,3-11H2. The Labute approximate surface area is 104 Å². The molecular formula is C14H24N2O. The van der Waals surface area contributed by atoms with Gasteiger partial charge in [0.25, 0.3) is 0 Å². The molecule has 0 aromatic carbocycles. The Kier molecular flexibility index (Phi) is 4.60. The lowest BCUT2D eigenvalue weighted by Crippen LogP contribution is -2.44. The summed E-state index contributed by atoms with van der Waals surface area (Å²) in [6, 6.07) is 0.470. The average molecular weight is 236 g/mol. The quantitative estimate of drug-likeness (QED) is 0.760. The van der Waals surface area contributed by atoms with E-state index in [4.69, 9.17) is 0 Å². The summed E-state index contributed by atoms with van der Waals surface area (Å²) in [7, 11) is 0. The smallest absolute Gasteiger partial charge is 0.246 e. The van der Waals surface area contributed by atoms with Crippen LogP contribution in [0, 0.1) is 5.92 Å². The van der Waals surface area contributed by atoms with E-state index in [0.717, 1.165) is 32.0 Å². The van der Waals surface area contributed by atoms with Gasteiger partial charge in [-0.1, -0.05) is 6.58 Å². The van der Waals surface area contributed by atoms with Gasteiger partial charge in [-0.2, -0.15) is 0 Å². The molecule has 2 aliphatic heterocycles. The van der Waals surface area contributed by atoms with Crippen LogP contribution in [0.15, 0.2) is 12.7 Å². The molecule has 3 heteroatoms. The second kappa shape index (κ2) is 6.20. The van der Waals surface area contributed by atoms with Crippen LogP contribution >= 0.6 is 0 Å². The number of carbonyl (C=O) groups is 1. The molecule has 0 aliphatic carbocycles. The van der Waals surface area contributed by atoms with Crippen molar-refractivity contribution >= 4 is 5.91 Å². The zero-order chi connectivity index (χ0) is 12.1. The maximum atomic E-state index is 11.8. The molecule has 1 N–H and O–H groups in total. The summed E-state index contributed by atoms with van der Waals surface area (Å²) in [6.45, 7) is 6.84. The van der Waals surface area contributed by atoms with E-state index < -0.39 is 0 Å². The Morgan fingerprint density at radius 2 is 2.06 bits per heavy atom. The summed E-state index contributed by atoms with van der Waals surface area (Å²) < 4.78 is 0. The molecular weight excluding hydrogens is 212 g/mol. The van der Waals surface area contributed by atoms with Crippen molar-refractivity contribution in [3.05, 3.63) is 12.7 Å². The molecule has 0 aromatic rings. The molecule has 0 spiro atoms. The summed E-state index contributed by atoms with van der Waals surface area (Å²) in [6.07, 6.45) is 8.82. The Morgan fingerprint density at radius 3 is 2.76 bits per heavy atom. The van der Waals surface area contributed by atoms with E-state index in [1.54, 1.807) is 0 Å². The van der Waals surface area contributed by atoms with Crippen LogP contribution in [0.1, 0.15) is 38.5 Å². The van der Waals surface area contributed by atoms with Crippen LogP contribution in [-0.2, 0) is 4.79 Å². The minimum Gasteiger partial charge on any atom is -0.336 e. The Balaban J connectivity index is 1.91. The lowest BCUT2D eigenvalue weighted by atomic mass is 9.87. The fourth-order valence-corrected chi connectivity index (χ4v) is 3.16. The third-order valence-electron chi connectivity index (χ3n) is 4.15. The lowest BCUT2D eigenvalue weighted by molar-refractivity contribution is -0.130. The molecule has 2 heterocycles. The number of hydrogen-bond acceptors (Lipinski definition) is 2. The summed E-state index contributed by atoms with van der Waals surface area (Å²) in [5.74, 6) is 0.933. The second-order valence-corrected chi connectivity index (χ2v) is 5.31. The molecule has 2 aliphatic rings. The molecule has 0 bridgehead atoms. The summed E-state index contributed by atoms with van der Waals surface area (Å²) in [4.78, 5) is 13.9. The first kappa shape index (κ1) is 12.6. The monoisotopic (exact) mass is 236 g/mol. The first-order valence-electron chi connectivity index (χ1n) is 6.95. The van der Waals surface area contributed by atoms with Gasteiger partial charge in [0, 0.05) is 12.6 Å². The van der Waals surface area contributed by atoms with E-state index >= 15 is 0 Å². The summed E-state index contributed by atoms with van der Waals surface area (Å²) in [5, 5.41) is 3.40. The molecule has 1 atom stereocenters. The Morgan fingerprint density at radius 1 is 1.29 bits per heavy atom. The normalized spacial score (nSPS) is 26.8. The molecule has 0 saturated carbocycles. The van der Waals surface area contributed by atoms with Crippen LogP contribution in [0.3, 0.4) is 0 Å². The van der Waals surface area contributed by atoms with Crippen LogP contribution in [0.25, 0.3) is 0 Å². The molecule has 2 rings (SSSR count). The summed E-state index contributed by atoms with van der Waals surface area (Å²) in [5.41, 5.74) is 0. The number of piperidine rings is 2. The molecule has 17 heavy (non-hydrogen) atoms. The van der Waals surface area contributed by atoms with Crippen molar-refractivity contribution in [2.45, 2.75) is 44.6 Å². The molecule has 2 fully saturated rings. The van der Waals surface area contributed by atoms with Gasteiger partial charge in [-0.25, -0.2) is 0 Å². The molecule has 0 aromatic heterocycles. The number of hydrogen-bond donors (Lipinski definition) is 1. The van der Waals surface area contributed by atoms with Gasteiger partial charge in [-0.3, -0.25) is 4.79 Å². The van der Waals surface area contributed by atoms with Crippen LogP contribution in [0.2, 0.25) is 0 Å². The molecule has 1 amide bonds. The van der Waals surface area contributed by atoms with Gasteiger partial charge in [-0.05, 0) is 63.6 Å². The Bertz CT molecular complexity index is 271. The highest BCUT2D eigenvalue weighted by Gasteiger charge is 2.28. The van der Waals surface area contributed by atoms with E-state index in [1.807, 2.05) is 0 Å². The van der Waals surface area contributed by atoms with Gasteiger partial charge in [0.2, 0.25) is 5.91 Å². The van der Waals surface area contributed by atoms with Crippen LogP contribution in [0.4, 0.5) is 0 Å². The number of likely N-dealkylation sites (tertiary alicyclic amines) is 1. The topological polar surface area (TPSA) is 32.3 Å². The highest BCUT2D eigenvalue weighted by atomic mass is 16.2. The van der Waals surface area contributed by atoms with E-state index in [-0.39, 0.29) is 5.91 Å². The van der Waals surface area contributed by atoms with E-state index in [2.05, 4.69) is 16.8 Å². The van der Waals surface area contributed by atoms with Crippen LogP contribution in [0.5, 0.6) is 0 Å². The van der Waals surface area contributed by atoms with Crippen molar-refractivity contribution in [2.75, 3.05) is 19.6 Å². The van der Waals surface area contributed by atoms with E-state index in [0.29, 0.717) is 6.04 Å². The minimum atomic E-state index is 0.128. The predicted molar refractivity (Wildman–Crippen MR) is 69.8 cm³/mol. The van der Waals surface area contributed by atoms with Crippen LogP contribution < -0.4 is 5.32 Å². The Hall–Kier alpha value is -0.830. The largest absolute Gasteiger partial charge is 0.336 e. The highest BCUT2D eigenvalue weighted by Crippen LogP contribution is 2.27. The van der Waals surface area contributed by atoms with Crippen molar-refractivity contribution in [3.8, 4) is 0 Å². The minimum absolute atomic E-state index is 0.128. The summed E-state index contributed by atoms with van der Waals surface area (Å²) >= 11 is 0. The van der Waals surface area contributed by atoms with Gasteiger partial charge >= 0.3 is 0 Å². The van der Waals surface area contributed by atoms with Gasteiger partial charge in [0.1, 0.15) is 0 Å². The van der Waals surface area contributed by atoms with Crippen molar-refractivity contribution in [1.82, 2.24) is 10.2 Å². The number of nitrogens with zero attached hydrogens (tertiary/aromatic N) is 1. The fourth-order valence-electron chi connectivity index (χ4n) is 3.16. The van der Waals surface area contributed by atoms with E-state index in [1.165, 1.54) is 38.2 Å². The van der Waals surface area contributed by atoms with E-state index in [9.17, 15) is 4.79 Å². The number of rotatable bonds is 3. The van der Waals surface area contributed by atoms with Gasteiger partial charge in [0.15, 0.2) is 0 Å². The lowest BCUT2D eigenvalue weighted by Gasteiger charge is -2.38. The maximum absolute atomic E-state index is 11.8. The van der Waals surface area contributed by atoms with Gasteiger partial charge in [-0.15, -0.1) is 0 Å². The van der Waals surface area contributed by atoms with Gasteiger partial charge in [0.05, 0.1) is 0 Å². The number of nitrogens with one attached hydrogen (secondary N) is 1. The number of amides is 1. The van der Waals surface area contributed by atoms with Crippen molar-refractivity contribution in [1.29, 1.82) is 0 Å². The third-order valence-corrected chi connectivity index (χ3v) is 4.15. The molecule has 3 nitrogen and oxygen atoms in total. The highest BCUT2D eigenvalue weighted by molar-refractivity contribution is 5.87. The SMILES string of the molecule is C=CC(=O)N1CCCCC1CC1CCNCC1. The van der Waals surface area contributed by atoms with Crippen molar-refractivity contribution in [3.63, 3.8) is 0 Å². The number of carbonyl (C=O) groups excluding carboxylic acids is 1. The molecule has 96 valence electrons. The maximum Gasteiger partial charge on any atom is 0.246 e. The fraction of sp³-hybridized carbons (Fsp3) is 0.786. The third kappa shape index (κ3) is 3.32. The van der Waals surface area contributed by atoms with Crippen molar-refractivity contribution < 1.29 is 4.79 Å². The second-order valence-electron chi connectivity index (χ2n) is 5.31. The molecule has 0 radical (unpaired) electrons. The zero-order valence-corrected chi connectivity index (χ0v) is 10.7. The van der Waals surface area contributed by atoms with Gasteiger partial charge < -0.3 is 10.2 Å².